The van der Waals surface area contributed by atoms with Gasteiger partial charge in [0.05, 0.1) is 0 Å². The molecule has 3 heteroatoms. The Morgan fingerprint density at radius 1 is 1.18 bits per heavy atom. The normalized spacial score (nSPS) is 13.0. The van der Waals surface area contributed by atoms with Gasteiger partial charge in [0.1, 0.15) is 0 Å². The van der Waals surface area contributed by atoms with Gasteiger partial charge in [0, 0.05) is 24.3 Å². The number of rotatable bonds is 3. The van der Waals surface area contributed by atoms with Crippen LogP contribution in [0.4, 0.5) is 5.69 Å². The van der Waals surface area contributed by atoms with E-state index in [1.54, 1.807) is 0 Å². The molecular formula is C14H22N2O. The second kappa shape index (κ2) is 5.21. The highest BCUT2D eigenvalue weighted by Gasteiger charge is 2.21. The van der Waals surface area contributed by atoms with Crippen LogP contribution in [-0.4, -0.2) is 19.0 Å². The van der Waals surface area contributed by atoms with Crippen LogP contribution < -0.4 is 10.6 Å². The maximum Gasteiger partial charge on any atom is 0.251 e. The van der Waals surface area contributed by atoms with Gasteiger partial charge in [0.25, 0.3) is 5.91 Å². The van der Waals surface area contributed by atoms with E-state index >= 15 is 0 Å². The number of anilines is 1. The summed E-state index contributed by atoms with van der Waals surface area (Å²) in [6.07, 6.45) is 0. The molecule has 3 nitrogen and oxygen atoms in total. The van der Waals surface area contributed by atoms with Crippen molar-refractivity contribution in [3.05, 3.63) is 29.8 Å². The van der Waals surface area contributed by atoms with Crippen molar-refractivity contribution in [2.75, 3.05) is 12.4 Å². The van der Waals surface area contributed by atoms with E-state index in [1.165, 1.54) is 0 Å². The predicted octanol–water partition coefficient (Wildman–Crippen LogP) is 2.89. The van der Waals surface area contributed by atoms with E-state index in [9.17, 15) is 4.79 Å². The molecule has 0 heterocycles. The molecule has 0 aliphatic rings. The molecule has 1 unspecified atom stereocenters. The monoisotopic (exact) mass is 234 g/mol. The van der Waals surface area contributed by atoms with Crippen LogP contribution in [0, 0.1) is 5.41 Å². The van der Waals surface area contributed by atoms with Gasteiger partial charge in [0.15, 0.2) is 0 Å². The second-order valence-corrected chi connectivity index (χ2v) is 5.39. The summed E-state index contributed by atoms with van der Waals surface area (Å²) >= 11 is 0. The number of carbonyl (C=O) groups excluding carboxylic acids is 1. The number of nitrogens with one attached hydrogen (secondary N) is 2. The first-order chi connectivity index (χ1) is 7.84. The Balaban J connectivity index is 2.70. The van der Waals surface area contributed by atoms with E-state index < -0.39 is 0 Å². The zero-order valence-electron chi connectivity index (χ0n) is 11.3. The van der Waals surface area contributed by atoms with Gasteiger partial charge in [-0.05, 0) is 36.6 Å². The minimum atomic E-state index is -0.0184. The van der Waals surface area contributed by atoms with E-state index in [0.717, 1.165) is 5.69 Å². The average molecular weight is 234 g/mol. The number of hydrogen-bond acceptors (Lipinski definition) is 2. The molecule has 0 aliphatic heterocycles. The Morgan fingerprint density at radius 3 is 2.12 bits per heavy atom. The lowest BCUT2D eigenvalue weighted by Crippen LogP contribution is -2.41. The van der Waals surface area contributed by atoms with Crippen LogP contribution in [0.15, 0.2) is 24.3 Å². The fourth-order valence-electron chi connectivity index (χ4n) is 1.28. The maximum absolute atomic E-state index is 12.0. The molecule has 2 N–H and O–H groups in total. The number of benzene rings is 1. The third-order valence-corrected chi connectivity index (χ3v) is 3.08. The molecule has 1 rings (SSSR count). The number of amides is 1. The Hall–Kier alpha value is -1.51. The third kappa shape index (κ3) is 3.77. The topological polar surface area (TPSA) is 41.1 Å². The van der Waals surface area contributed by atoms with E-state index in [1.807, 2.05) is 38.2 Å². The van der Waals surface area contributed by atoms with Crippen LogP contribution in [-0.2, 0) is 0 Å². The van der Waals surface area contributed by atoms with Gasteiger partial charge in [-0.1, -0.05) is 20.8 Å². The molecule has 1 aromatic carbocycles. The first-order valence-corrected chi connectivity index (χ1v) is 5.93. The zero-order valence-corrected chi connectivity index (χ0v) is 11.3. The summed E-state index contributed by atoms with van der Waals surface area (Å²) in [5.41, 5.74) is 1.77. The maximum atomic E-state index is 12.0. The fraction of sp³-hybridized carbons (Fsp3) is 0.500. The summed E-state index contributed by atoms with van der Waals surface area (Å²) in [6, 6.07) is 7.60. The summed E-state index contributed by atoms with van der Waals surface area (Å²) < 4.78 is 0. The number of hydrogen-bond donors (Lipinski definition) is 2. The zero-order chi connectivity index (χ0) is 13.1. The molecule has 0 radical (unpaired) electrons. The van der Waals surface area contributed by atoms with Crippen LogP contribution in [0.5, 0.6) is 0 Å². The second-order valence-electron chi connectivity index (χ2n) is 5.39. The molecule has 0 bridgehead atoms. The minimum absolute atomic E-state index is 0.0184. The van der Waals surface area contributed by atoms with Crippen molar-refractivity contribution in [2.45, 2.75) is 33.7 Å². The van der Waals surface area contributed by atoms with Crippen molar-refractivity contribution in [2.24, 2.45) is 5.41 Å². The van der Waals surface area contributed by atoms with Gasteiger partial charge in [0.2, 0.25) is 0 Å². The Kier molecular flexibility index (Phi) is 4.16. The van der Waals surface area contributed by atoms with Gasteiger partial charge in [-0.15, -0.1) is 0 Å². The van der Waals surface area contributed by atoms with E-state index in [0.29, 0.717) is 5.56 Å². The van der Waals surface area contributed by atoms with Crippen LogP contribution in [0.3, 0.4) is 0 Å². The molecule has 1 aromatic rings. The lowest BCUT2D eigenvalue weighted by Gasteiger charge is -2.28. The minimum Gasteiger partial charge on any atom is -0.388 e. The van der Waals surface area contributed by atoms with E-state index in [-0.39, 0.29) is 17.4 Å². The van der Waals surface area contributed by atoms with E-state index in [4.69, 9.17) is 0 Å². The molecule has 1 amide bonds. The molecule has 17 heavy (non-hydrogen) atoms. The summed E-state index contributed by atoms with van der Waals surface area (Å²) in [7, 11) is 1.86. The van der Waals surface area contributed by atoms with Gasteiger partial charge in [-0.2, -0.15) is 0 Å². The van der Waals surface area contributed by atoms with Crippen molar-refractivity contribution in [3.63, 3.8) is 0 Å². The SMILES string of the molecule is CNc1ccc(C(=O)NC(C)C(C)(C)C)cc1. The molecule has 0 saturated carbocycles. The van der Waals surface area contributed by atoms with Crippen LogP contribution >= 0.6 is 0 Å². The summed E-state index contributed by atoms with van der Waals surface area (Å²) in [6.45, 7) is 8.37. The van der Waals surface area contributed by atoms with Crippen LogP contribution in [0.2, 0.25) is 0 Å². The Morgan fingerprint density at radius 2 is 1.71 bits per heavy atom. The quantitative estimate of drug-likeness (QED) is 0.844. The highest BCUT2D eigenvalue weighted by atomic mass is 16.1. The first kappa shape index (κ1) is 13.6. The number of carbonyl (C=O) groups is 1. The van der Waals surface area contributed by atoms with Gasteiger partial charge in [-0.3, -0.25) is 4.79 Å². The van der Waals surface area contributed by atoms with Crippen molar-refractivity contribution in [3.8, 4) is 0 Å². The lowest BCUT2D eigenvalue weighted by atomic mass is 9.88. The van der Waals surface area contributed by atoms with Crippen LogP contribution in [0.25, 0.3) is 0 Å². The molecule has 0 aliphatic carbocycles. The smallest absolute Gasteiger partial charge is 0.251 e. The molecular weight excluding hydrogens is 212 g/mol. The summed E-state index contributed by atoms with van der Waals surface area (Å²) in [5.74, 6) is -0.0184. The lowest BCUT2D eigenvalue weighted by molar-refractivity contribution is 0.0910. The molecule has 0 fully saturated rings. The van der Waals surface area contributed by atoms with Gasteiger partial charge in [-0.25, -0.2) is 0 Å². The fourth-order valence-corrected chi connectivity index (χ4v) is 1.28. The van der Waals surface area contributed by atoms with Crippen molar-refractivity contribution in [1.82, 2.24) is 5.32 Å². The molecule has 0 aromatic heterocycles. The highest BCUT2D eigenvalue weighted by Crippen LogP contribution is 2.19. The summed E-state index contributed by atoms with van der Waals surface area (Å²) in [5, 5.41) is 6.04. The highest BCUT2D eigenvalue weighted by molar-refractivity contribution is 5.94. The Bertz CT molecular complexity index is 376. The standard InChI is InChI=1S/C14H22N2O/c1-10(14(2,3)4)16-13(17)11-6-8-12(15-5)9-7-11/h6-10,15H,1-5H3,(H,16,17). The predicted molar refractivity (Wildman–Crippen MR) is 72.4 cm³/mol. The van der Waals surface area contributed by atoms with Gasteiger partial charge < -0.3 is 10.6 Å². The molecule has 94 valence electrons. The average Bonchev–Trinajstić information content (AvgIpc) is 2.27. The third-order valence-electron chi connectivity index (χ3n) is 3.08. The summed E-state index contributed by atoms with van der Waals surface area (Å²) in [4.78, 5) is 12.0. The molecule has 1 atom stereocenters. The van der Waals surface area contributed by atoms with Crippen molar-refractivity contribution in [1.29, 1.82) is 0 Å². The first-order valence-electron chi connectivity index (χ1n) is 5.93. The van der Waals surface area contributed by atoms with Crippen molar-refractivity contribution >= 4 is 11.6 Å². The largest absolute Gasteiger partial charge is 0.388 e. The van der Waals surface area contributed by atoms with E-state index in [2.05, 4.69) is 31.4 Å². The van der Waals surface area contributed by atoms with Crippen molar-refractivity contribution < 1.29 is 4.79 Å². The molecule has 0 spiro atoms. The molecule has 0 saturated heterocycles. The van der Waals surface area contributed by atoms with Gasteiger partial charge >= 0.3 is 0 Å². The van der Waals surface area contributed by atoms with Crippen LogP contribution in [0.1, 0.15) is 38.1 Å². The Labute approximate surface area is 104 Å².